The van der Waals surface area contributed by atoms with Crippen molar-refractivity contribution in [2.45, 2.75) is 0 Å². The van der Waals surface area contributed by atoms with Gasteiger partial charge in [0.05, 0.1) is 10.7 Å². The quantitative estimate of drug-likeness (QED) is 0.637. The third kappa shape index (κ3) is 3.62. The Morgan fingerprint density at radius 2 is 1.96 bits per heavy atom. The van der Waals surface area contributed by atoms with Crippen molar-refractivity contribution in [3.05, 3.63) is 52.0 Å². The van der Waals surface area contributed by atoms with Crippen molar-refractivity contribution in [2.75, 3.05) is 13.2 Å². The van der Waals surface area contributed by atoms with E-state index < -0.39 is 0 Å². The largest absolute Gasteiger partial charge is 0.507 e. The van der Waals surface area contributed by atoms with Gasteiger partial charge in [-0.2, -0.15) is 5.10 Å². The molecule has 0 aromatic heterocycles. The highest BCUT2D eigenvalue weighted by molar-refractivity contribution is 9.10. The fraction of sp³-hybridized carbons (Fsp3) is 0.125. The highest BCUT2D eigenvalue weighted by Gasteiger charge is 2.14. The highest BCUT2D eigenvalue weighted by atomic mass is 79.9. The zero-order chi connectivity index (χ0) is 16.2. The number of rotatable bonds is 3. The molecule has 6 nitrogen and oxygen atoms in total. The van der Waals surface area contributed by atoms with Crippen molar-refractivity contribution in [1.29, 1.82) is 0 Å². The van der Waals surface area contributed by atoms with Crippen LogP contribution in [0.25, 0.3) is 0 Å². The number of carbonyl (C=O) groups excluding carboxylic acids is 1. The number of hydrogen-bond donors (Lipinski definition) is 2. The smallest absolute Gasteiger partial charge is 0.271 e. The predicted molar refractivity (Wildman–Crippen MR) is 88.3 cm³/mol. The number of benzene rings is 2. The monoisotopic (exact) mass is 376 g/mol. The average Bonchev–Trinajstić information content (AvgIpc) is 2.57. The Bertz CT molecular complexity index is 777. The van der Waals surface area contributed by atoms with Crippen LogP contribution in [0.5, 0.6) is 17.2 Å². The van der Waals surface area contributed by atoms with Crippen LogP contribution in [0.3, 0.4) is 0 Å². The molecule has 0 aliphatic carbocycles. The second-order valence-electron chi connectivity index (χ2n) is 4.77. The molecule has 1 heterocycles. The zero-order valence-corrected chi connectivity index (χ0v) is 13.5. The van der Waals surface area contributed by atoms with Gasteiger partial charge in [-0.1, -0.05) is 0 Å². The molecule has 2 N–H and O–H groups in total. The Hall–Kier alpha value is -2.54. The number of carbonyl (C=O) groups is 1. The van der Waals surface area contributed by atoms with Gasteiger partial charge >= 0.3 is 0 Å². The van der Waals surface area contributed by atoms with E-state index in [2.05, 4.69) is 26.5 Å². The minimum absolute atomic E-state index is 0.141. The minimum Gasteiger partial charge on any atom is -0.507 e. The summed E-state index contributed by atoms with van der Waals surface area (Å²) >= 11 is 3.21. The van der Waals surface area contributed by atoms with E-state index in [1.165, 1.54) is 12.3 Å². The summed E-state index contributed by atoms with van der Waals surface area (Å²) in [6, 6.07) is 9.87. The maximum Gasteiger partial charge on any atom is 0.271 e. The fourth-order valence-electron chi connectivity index (χ4n) is 2.02. The molecule has 0 bridgehead atoms. The molecule has 2 aromatic rings. The minimum atomic E-state index is -0.351. The fourth-order valence-corrected chi connectivity index (χ4v) is 2.41. The summed E-state index contributed by atoms with van der Waals surface area (Å²) in [6.07, 6.45) is 1.49. The summed E-state index contributed by atoms with van der Waals surface area (Å²) in [5, 5.41) is 13.3. The maximum absolute atomic E-state index is 12.1. The molecule has 7 heteroatoms. The first kappa shape index (κ1) is 15.4. The van der Waals surface area contributed by atoms with Crippen LogP contribution in [0.15, 0.2) is 46.0 Å². The van der Waals surface area contributed by atoms with E-state index in [-0.39, 0.29) is 11.7 Å². The van der Waals surface area contributed by atoms with Crippen LogP contribution in [0.2, 0.25) is 0 Å². The number of ether oxygens (including phenoxy) is 2. The third-order valence-electron chi connectivity index (χ3n) is 3.16. The molecule has 3 rings (SSSR count). The molecule has 1 aliphatic heterocycles. The van der Waals surface area contributed by atoms with Gasteiger partial charge in [0.25, 0.3) is 5.91 Å². The lowest BCUT2D eigenvalue weighted by atomic mass is 10.2. The van der Waals surface area contributed by atoms with Crippen LogP contribution in [0.1, 0.15) is 15.9 Å². The van der Waals surface area contributed by atoms with Crippen LogP contribution < -0.4 is 14.9 Å². The van der Waals surface area contributed by atoms with Gasteiger partial charge in [-0.15, -0.1) is 0 Å². The number of halogens is 1. The first-order chi connectivity index (χ1) is 11.1. The van der Waals surface area contributed by atoms with Gasteiger partial charge in [0.1, 0.15) is 19.0 Å². The van der Waals surface area contributed by atoms with E-state index in [1.807, 2.05) is 0 Å². The SMILES string of the molecule is O=C(N/N=C\c1ccc(O)c(Br)c1)c1ccc2c(c1)OCCO2. The number of nitrogens with one attached hydrogen (secondary N) is 1. The van der Waals surface area contributed by atoms with Crippen LogP contribution >= 0.6 is 15.9 Å². The first-order valence-corrected chi connectivity index (χ1v) is 7.64. The molecule has 1 aliphatic rings. The van der Waals surface area contributed by atoms with Crippen molar-refractivity contribution in [3.63, 3.8) is 0 Å². The number of amides is 1. The van der Waals surface area contributed by atoms with Crippen LogP contribution in [-0.2, 0) is 0 Å². The Morgan fingerprint density at radius 1 is 1.17 bits per heavy atom. The molecule has 0 unspecified atom stereocenters. The van der Waals surface area contributed by atoms with Crippen molar-refractivity contribution in [3.8, 4) is 17.2 Å². The second kappa shape index (κ2) is 6.70. The molecule has 0 saturated carbocycles. The van der Waals surface area contributed by atoms with Crippen LogP contribution in [0.4, 0.5) is 0 Å². The van der Waals surface area contributed by atoms with Crippen LogP contribution in [0, 0.1) is 0 Å². The lowest BCUT2D eigenvalue weighted by molar-refractivity contribution is 0.0954. The molecule has 23 heavy (non-hydrogen) atoms. The van der Waals surface area contributed by atoms with Crippen molar-refractivity contribution in [2.24, 2.45) is 5.10 Å². The summed E-state index contributed by atoms with van der Waals surface area (Å²) in [5.41, 5.74) is 3.61. The van der Waals surface area contributed by atoms with E-state index in [0.29, 0.717) is 34.7 Å². The number of phenols is 1. The number of fused-ring (bicyclic) bond motifs is 1. The summed E-state index contributed by atoms with van der Waals surface area (Å²) in [6.45, 7) is 0.969. The molecule has 0 radical (unpaired) electrons. The number of nitrogens with zero attached hydrogens (tertiary/aromatic N) is 1. The summed E-state index contributed by atoms with van der Waals surface area (Å²) in [7, 11) is 0. The predicted octanol–water partition coefficient (Wildman–Crippen LogP) is 2.69. The van der Waals surface area contributed by atoms with E-state index in [9.17, 15) is 9.90 Å². The molecular formula is C16H13BrN2O4. The molecule has 0 fully saturated rings. The maximum atomic E-state index is 12.1. The second-order valence-corrected chi connectivity index (χ2v) is 5.62. The molecular weight excluding hydrogens is 364 g/mol. The van der Waals surface area contributed by atoms with Crippen molar-refractivity contribution in [1.82, 2.24) is 5.43 Å². The van der Waals surface area contributed by atoms with Gasteiger partial charge in [-0.05, 0) is 57.9 Å². The van der Waals surface area contributed by atoms with Crippen molar-refractivity contribution < 1.29 is 19.4 Å². The molecule has 0 spiro atoms. The van der Waals surface area contributed by atoms with E-state index in [4.69, 9.17) is 9.47 Å². The molecule has 0 atom stereocenters. The molecule has 1 amide bonds. The number of aromatic hydroxyl groups is 1. The van der Waals surface area contributed by atoms with Gasteiger partial charge in [0, 0.05) is 5.56 Å². The Kier molecular flexibility index (Phi) is 4.47. The van der Waals surface area contributed by atoms with Gasteiger partial charge in [-0.25, -0.2) is 5.43 Å². The standard InChI is InChI=1S/C16H13BrN2O4/c17-12-7-10(1-3-13(12)20)9-18-19-16(21)11-2-4-14-15(8-11)23-6-5-22-14/h1-4,7-9,20H,5-6H2,(H,19,21)/b18-9-. The van der Waals surface area contributed by atoms with Crippen LogP contribution in [-0.4, -0.2) is 30.4 Å². The van der Waals surface area contributed by atoms with E-state index >= 15 is 0 Å². The average molecular weight is 377 g/mol. The third-order valence-corrected chi connectivity index (χ3v) is 3.79. The van der Waals surface area contributed by atoms with Gasteiger partial charge < -0.3 is 14.6 Å². The summed E-state index contributed by atoms with van der Waals surface area (Å²) in [4.78, 5) is 12.1. The summed E-state index contributed by atoms with van der Waals surface area (Å²) in [5.74, 6) is 0.971. The Labute approximate surface area is 140 Å². The number of hydrazone groups is 1. The van der Waals surface area contributed by atoms with E-state index in [0.717, 1.165) is 5.56 Å². The molecule has 118 valence electrons. The zero-order valence-electron chi connectivity index (χ0n) is 12.0. The Balaban J connectivity index is 1.67. The lowest BCUT2D eigenvalue weighted by Gasteiger charge is -2.18. The topological polar surface area (TPSA) is 80.2 Å². The number of hydrogen-bond acceptors (Lipinski definition) is 5. The highest BCUT2D eigenvalue weighted by Crippen LogP contribution is 2.30. The lowest BCUT2D eigenvalue weighted by Crippen LogP contribution is -2.19. The van der Waals surface area contributed by atoms with Gasteiger partial charge in [0.2, 0.25) is 0 Å². The van der Waals surface area contributed by atoms with Gasteiger partial charge in [0.15, 0.2) is 11.5 Å². The van der Waals surface area contributed by atoms with Gasteiger partial charge in [-0.3, -0.25) is 4.79 Å². The first-order valence-electron chi connectivity index (χ1n) is 6.85. The Morgan fingerprint density at radius 3 is 2.74 bits per heavy atom. The molecule has 2 aromatic carbocycles. The number of phenolic OH excluding ortho intramolecular Hbond substituents is 1. The van der Waals surface area contributed by atoms with Crippen molar-refractivity contribution >= 4 is 28.1 Å². The molecule has 0 saturated heterocycles. The normalized spacial score (nSPS) is 13.1. The van der Waals surface area contributed by atoms with E-state index in [1.54, 1.807) is 30.3 Å². The summed E-state index contributed by atoms with van der Waals surface area (Å²) < 4.78 is 11.4.